The lowest BCUT2D eigenvalue weighted by molar-refractivity contribution is 0.0802. The molecule has 0 aliphatic heterocycles. The van der Waals surface area contributed by atoms with Gasteiger partial charge < -0.3 is 9.47 Å². The molecule has 0 amide bonds. The third-order valence-electron chi connectivity index (χ3n) is 7.96. The SMILES string of the molecule is CCCC(C)(CC)c1ccc(-c2ccc(Oc3ccc(OC(C)(CC)CC)cc3)c(S(=O)(=O)O)c2)cc1S(=O)(=O)O. The third-order valence-corrected chi connectivity index (χ3v) is 9.73. The minimum Gasteiger partial charge on any atom is -0.488 e. The van der Waals surface area contributed by atoms with Crippen LogP contribution in [0.2, 0.25) is 0 Å². The second kappa shape index (κ2) is 12.5. The average Bonchev–Trinajstić information content (AvgIpc) is 2.93. The van der Waals surface area contributed by atoms with Gasteiger partial charge in [-0.3, -0.25) is 9.11 Å². The van der Waals surface area contributed by atoms with Crippen molar-refractivity contribution in [2.75, 3.05) is 0 Å². The molecule has 41 heavy (non-hydrogen) atoms. The zero-order valence-corrected chi connectivity index (χ0v) is 26.1. The fraction of sp³-hybridized carbons (Fsp3) is 0.419. The fourth-order valence-corrected chi connectivity index (χ4v) is 6.33. The standard InChI is InChI=1S/C31H40O8S2/c1-7-19-30(5,8-2)26-17-11-22(20-28(26)40(32,33)34)23-12-18-27(29(21-23)41(35,36)37)38-24-13-15-25(16-14-24)39-31(6,9-3)10-4/h11-18,20-21H,7-10,19H2,1-6H3,(H,32,33,34)(H,35,36,37). The van der Waals surface area contributed by atoms with E-state index in [1.54, 1.807) is 42.5 Å². The molecule has 0 radical (unpaired) electrons. The highest BCUT2D eigenvalue weighted by Gasteiger charge is 2.31. The van der Waals surface area contributed by atoms with Gasteiger partial charge in [-0.25, -0.2) is 0 Å². The predicted octanol–water partition coefficient (Wildman–Crippen LogP) is 8.06. The molecular formula is C31H40O8S2. The second-order valence-electron chi connectivity index (χ2n) is 10.8. The Morgan fingerprint density at radius 2 is 1.20 bits per heavy atom. The van der Waals surface area contributed by atoms with Crippen molar-refractivity contribution < 1.29 is 35.4 Å². The molecule has 3 aromatic rings. The smallest absolute Gasteiger partial charge is 0.298 e. The van der Waals surface area contributed by atoms with Gasteiger partial charge in [-0.2, -0.15) is 16.8 Å². The van der Waals surface area contributed by atoms with Crippen molar-refractivity contribution in [3.63, 3.8) is 0 Å². The lowest BCUT2D eigenvalue weighted by Gasteiger charge is -2.30. The Hall–Kier alpha value is -2.92. The van der Waals surface area contributed by atoms with Gasteiger partial charge in [-0.05, 0) is 97.2 Å². The van der Waals surface area contributed by atoms with Crippen LogP contribution in [0, 0.1) is 0 Å². The molecule has 0 bridgehead atoms. The summed E-state index contributed by atoms with van der Waals surface area (Å²) in [5, 5.41) is 0. The lowest BCUT2D eigenvalue weighted by atomic mass is 9.76. The predicted molar refractivity (Wildman–Crippen MR) is 160 cm³/mol. The van der Waals surface area contributed by atoms with Gasteiger partial charge in [0.2, 0.25) is 0 Å². The van der Waals surface area contributed by atoms with Crippen LogP contribution in [0.25, 0.3) is 11.1 Å². The van der Waals surface area contributed by atoms with Crippen molar-refractivity contribution >= 4 is 20.2 Å². The van der Waals surface area contributed by atoms with E-state index in [9.17, 15) is 25.9 Å². The van der Waals surface area contributed by atoms with Crippen LogP contribution in [-0.2, 0) is 25.7 Å². The largest absolute Gasteiger partial charge is 0.488 e. The summed E-state index contributed by atoms with van der Waals surface area (Å²) in [5.74, 6) is 0.868. The minimum absolute atomic E-state index is 0.106. The first-order chi connectivity index (χ1) is 19.1. The van der Waals surface area contributed by atoms with Gasteiger partial charge in [0.05, 0.1) is 4.90 Å². The molecule has 2 N–H and O–H groups in total. The average molecular weight is 605 g/mol. The molecule has 8 nitrogen and oxygen atoms in total. The maximum absolute atomic E-state index is 12.4. The zero-order valence-electron chi connectivity index (χ0n) is 24.5. The summed E-state index contributed by atoms with van der Waals surface area (Å²) in [4.78, 5) is -0.715. The normalized spacial score (nSPS) is 14.0. The maximum Gasteiger partial charge on any atom is 0.298 e. The molecule has 3 rings (SSSR count). The van der Waals surface area contributed by atoms with Crippen molar-refractivity contribution in [3.05, 3.63) is 66.2 Å². The van der Waals surface area contributed by atoms with Crippen LogP contribution in [-0.4, -0.2) is 31.5 Å². The summed E-state index contributed by atoms with van der Waals surface area (Å²) >= 11 is 0. The Balaban J connectivity index is 2.03. The Kier molecular flexibility index (Phi) is 9.96. The molecular weight excluding hydrogens is 564 g/mol. The van der Waals surface area contributed by atoms with Crippen LogP contribution < -0.4 is 9.47 Å². The maximum atomic E-state index is 12.4. The molecule has 0 aliphatic carbocycles. The summed E-state index contributed by atoms with van der Waals surface area (Å²) in [6.45, 7) is 12.0. The summed E-state index contributed by atoms with van der Waals surface area (Å²) in [6, 6.07) is 15.5. The first kappa shape index (κ1) is 32.6. The van der Waals surface area contributed by atoms with Crippen LogP contribution in [0.3, 0.4) is 0 Å². The Labute approximate surface area is 244 Å². The molecule has 0 aliphatic rings. The number of hydrogen-bond acceptors (Lipinski definition) is 6. The molecule has 0 saturated carbocycles. The number of rotatable bonds is 13. The van der Waals surface area contributed by atoms with E-state index in [1.165, 1.54) is 18.2 Å². The van der Waals surface area contributed by atoms with E-state index in [0.29, 0.717) is 41.0 Å². The van der Waals surface area contributed by atoms with E-state index < -0.39 is 30.5 Å². The van der Waals surface area contributed by atoms with Crippen LogP contribution in [0.5, 0.6) is 17.2 Å². The van der Waals surface area contributed by atoms with Crippen LogP contribution in [0.15, 0.2) is 70.5 Å². The van der Waals surface area contributed by atoms with Gasteiger partial charge in [0, 0.05) is 0 Å². The van der Waals surface area contributed by atoms with Gasteiger partial charge in [-0.1, -0.05) is 59.2 Å². The van der Waals surface area contributed by atoms with Crippen molar-refractivity contribution in [1.82, 2.24) is 0 Å². The highest BCUT2D eigenvalue weighted by molar-refractivity contribution is 7.86. The summed E-state index contributed by atoms with van der Waals surface area (Å²) in [5.41, 5.74) is 0.367. The Morgan fingerprint density at radius 3 is 1.68 bits per heavy atom. The van der Waals surface area contributed by atoms with Crippen LogP contribution in [0.1, 0.15) is 79.2 Å². The van der Waals surface area contributed by atoms with Gasteiger partial charge in [0.25, 0.3) is 20.2 Å². The molecule has 1 unspecified atom stereocenters. The lowest BCUT2D eigenvalue weighted by Crippen LogP contribution is -2.30. The highest BCUT2D eigenvalue weighted by Crippen LogP contribution is 2.40. The number of benzene rings is 3. The molecule has 3 aromatic carbocycles. The Bertz CT molecular complexity index is 1570. The summed E-state index contributed by atoms with van der Waals surface area (Å²) in [6.07, 6.45) is 3.86. The topological polar surface area (TPSA) is 127 Å². The van der Waals surface area contributed by atoms with Gasteiger partial charge in [0.1, 0.15) is 27.7 Å². The van der Waals surface area contributed by atoms with Crippen molar-refractivity contribution in [2.45, 2.75) is 94.5 Å². The van der Waals surface area contributed by atoms with Gasteiger partial charge >= 0.3 is 0 Å². The molecule has 0 saturated heterocycles. The van der Waals surface area contributed by atoms with E-state index in [1.807, 2.05) is 41.5 Å². The molecule has 0 fully saturated rings. The van der Waals surface area contributed by atoms with Crippen molar-refractivity contribution in [2.24, 2.45) is 0 Å². The highest BCUT2D eigenvalue weighted by atomic mass is 32.2. The molecule has 0 spiro atoms. The molecule has 0 heterocycles. The van der Waals surface area contributed by atoms with E-state index in [4.69, 9.17) is 9.47 Å². The second-order valence-corrected chi connectivity index (χ2v) is 13.6. The zero-order chi connectivity index (χ0) is 30.6. The molecule has 224 valence electrons. The van der Waals surface area contributed by atoms with Gasteiger partial charge in [-0.15, -0.1) is 0 Å². The van der Waals surface area contributed by atoms with Gasteiger partial charge in [0.15, 0.2) is 0 Å². The first-order valence-electron chi connectivity index (χ1n) is 13.8. The molecule has 1 atom stereocenters. The fourth-order valence-electron chi connectivity index (χ4n) is 4.82. The van der Waals surface area contributed by atoms with E-state index in [-0.39, 0.29) is 16.2 Å². The molecule has 0 aromatic heterocycles. The third kappa shape index (κ3) is 7.68. The van der Waals surface area contributed by atoms with E-state index >= 15 is 0 Å². The van der Waals surface area contributed by atoms with Crippen LogP contribution >= 0.6 is 0 Å². The van der Waals surface area contributed by atoms with E-state index in [2.05, 4.69) is 0 Å². The number of ether oxygens (including phenoxy) is 2. The van der Waals surface area contributed by atoms with Crippen molar-refractivity contribution in [3.8, 4) is 28.4 Å². The summed E-state index contributed by atoms with van der Waals surface area (Å²) in [7, 11) is -9.31. The minimum atomic E-state index is -4.72. The Morgan fingerprint density at radius 1 is 0.683 bits per heavy atom. The summed E-state index contributed by atoms with van der Waals surface area (Å²) < 4.78 is 81.5. The quantitative estimate of drug-likeness (QED) is 0.188. The van der Waals surface area contributed by atoms with Crippen molar-refractivity contribution in [1.29, 1.82) is 0 Å². The molecule has 10 heteroatoms. The first-order valence-corrected chi connectivity index (χ1v) is 16.7. The monoisotopic (exact) mass is 604 g/mol. The van der Waals surface area contributed by atoms with E-state index in [0.717, 1.165) is 19.3 Å². The van der Waals surface area contributed by atoms with Crippen LogP contribution in [0.4, 0.5) is 0 Å². The number of hydrogen-bond donors (Lipinski definition) is 2.